The normalized spacial score (nSPS) is 18.3. The third-order valence-corrected chi connectivity index (χ3v) is 4.90. The molecule has 1 saturated carbocycles. The van der Waals surface area contributed by atoms with E-state index in [0.717, 1.165) is 30.4 Å². The zero-order chi connectivity index (χ0) is 14.0. The number of carbonyl (C=O) groups excluding carboxylic acids is 1. The highest BCUT2D eigenvalue weighted by molar-refractivity contribution is 7.99. The summed E-state index contributed by atoms with van der Waals surface area (Å²) in [5.74, 6) is 1.56. The SMILES string of the molecule is CCNC(CSc1nnc(C)n1C)(C(N)=O)C1CC1. The number of amides is 1. The largest absolute Gasteiger partial charge is 0.368 e. The second-order valence-corrected chi connectivity index (χ2v) is 5.96. The molecule has 1 aliphatic carbocycles. The summed E-state index contributed by atoms with van der Waals surface area (Å²) < 4.78 is 1.93. The van der Waals surface area contributed by atoms with Crippen LogP contribution in [0.2, 0.25) is 0 Å². The lowest BCUT2D eigenvalue weighted by molar-refractivity contribution is -0.124. The second-order valence-electron chi connectivity index (χ2n) is 5.02. The summed E-state index contributed by atoms with van der Waals surface area (Å²) in [7, 11) is 1.92. The fraction of sp³-hybridized carbons (Fsp3) is 0.750. The standard InChI is InChI=1S/C12H21N5OS/c1-4-14-12(10(13)18,9-5-6-9)7-19-11-16-15-8(2)17(11)3/h9,14H,4-7H2,1-3H3,(H2,13,18). The van der Waals surface area contributed by atoms with E-state index in [9.17, 15) is 4.79 Å². The number of carbonyl (C=O) groups is 1. The molecule has 0 saturated heterocycles. The van der Waals surface area contributed by atoms with Gasteiger partial charge in [0.05, 0.1) is 0 Å². The zero-order valence-electron chi connectivity index (χ0n) is 11.6. The molecule has 106 valence electrons. The Bertz CT molecular complexity index is 471. The van der Waals surface area contributed by atoms with Crippen LogP contribution < -0.4 is 11.1 Å². The summed E-state index contributed by atoms with van der Waals surface area (Å²) in [5, 5.41) is 12.3. The quantitative estimate of drug-likeness (QED) is 0.710. The summed E-state index contributed by atoms with van der Waals surface area (Å²) in [6, 6.07) is 0. The Morgan fingerprint density at radius 3 is 2.68 bits per heavy atom. The van der Waals surface area contributed by atoms with Crippen LogP contribution in [0.4, 0.5) is 0 Å². The molecule has 1 aromatic heterocycles. The average Bonchev–Trinajstić information content (AvgIpc) is 3.16. The predicted octanol–water partition coefficient (Wildman–Crippen LogP) is 0.459. The molecular formula is C12H21N5OS. The summed E-state index contributed by atoms with van der Waals surface area (Å²) >= 11 is 1.54. The number of aromatic nitrogens is 3. The molecule has 1 fully saturated rings. The summed E-state index contributed by atoms with van der Waals surface area (Å²) in [4.78, 5) is 11.9. The molecule has 1 heterocycles. The van der Waals surface area contributed by atoms with Crippen molar-refractivity contribution in [3.05, 3.63) is 5.82 Å². The first-order valence-electron chi connectivity index (χ1n) is 6.55. The summed E-state index contributed by atoms with van der Waals surface area (Å²) in [6.07, 6.45) is 2.13. The molecule has 0 radical (unpaired) electrons. The van der Waals surface area contributed by atoms with E-state index in [1.807, 2.05) is 25.5 Å². The number of hydrogen-bond donors (Lipinski definition) is 2. The molecule has 1 aliphatic rings. The van der Waals surface area contributed by atoms with Gasteiger partial charge in [-0.05, 0) is 32.2 Å². The van der Waals surface area contributed by atoms with E-state index in [1.54, 1.807) is 0 Å². The number of aryl methyl sites for hydroxylation is 1. The number of nitrogens with one attached hydrogen (secondary N) is 1. The number of thioether (sulfide) groups is 1. The fourth-order valence-corrected chi connectivity index (χ4v) is 3.52. The predicted molar refractivity (Wildman–Crippen MR) is 74.8 cm³/mol. The molecule has 7 heteroatoms. The van der Waals surface area contributed by atoms with Crippen LogP contribution in [0.15, 0.2) is 5.16 Å². The number of nitrogens with zero attached hydrogens (tertiary/aromatic N) is 3. The Morgan fingerprint density at radius 2 is 2.26 bits per heavy atom. The van der Waals surface area contributed by atoms with Crippen molar-refractivity contribution in [1.29, 1.82) is 0 Å². The summed E-state index contributed by atoms with van der Waals surface area (Å²) in [6.45, 7) is 4.64. The van der Waals surface area contributed by atoms with E-state index in [2.05, 4.69) is 15.5 Å². The average molecular weight is 283 g/mol. The molecule has 2 rings (SSSR count). The maximum absolute atomic E-state index is 11.9. The maximum Gasteiger partial charge on any atom is 0.238 e. The fourth-order valence-electron chi connectivity index (χ4n) is 2.26. The van der Waals surface area contributed by atoms with Crippen LogP contribution in [0.1, 0.15) is 25.6 Å². The molecule has 19 heavy (non-hydrogen) atoms. The molecule has 1 amide bonds. The van der Waals surface area contributed by atoms with E-state index in [4.69, 9.17) is 5.73 Å². The molecule has 0 aromatic carbocycles. The van der Waals surface area contributed by atoms with Gasteiger partial charge in [0, 0.05) is 12.8 Å². The monoisotopic (exact) mass is 283 g/mol. The Labute approximate surface area is 117 Å². The van der Waals surface area contributed by atoms with Crippen LogP contribution in [0.3, 0.4) is 0 Å². The van der Waals surface area contributed by atoms with Crippen molar-refractivity contribution >= 4 is 17.7 Å². The molecule has 0 bridgehead atoms. The summed E-state index contributed by atoms with van der Waals surface area (Å²) in [5.41, 5.74) is 5.04. The number of primary amides is 1. The maximum atomic E-state index is 11.9. The third-order valence-electron chi connectivity index (χ3n) is 3.69. The third kappa shape index (κ3) is 2.76. The van der Waals surface area contributed by atoms with Crippen LogP contribution in [-0.4, -0.2) is 38.5 Å². The Hall–Kier alpha value is -1.08. The number of likely N-dealkylation sites (N-methyl/N-ethyl adjacent to an activating group) is 1. The van der Waals surface area contributed by atoms with Gasteiger partial charge in [0.25, 0.3) is 0 Å². The van der Waals surface area contributed by atoms with Gasteiger partial charge in [-0.15, -0.1) is 10.2 Å². The van der Waals surface area contributed by atoms with Gasteiger partial charge in [0.2, 0.25) is 5.91 Å². The highest BCUT2D eigenvalue weighted by atomic mass is 32.2. The van der Waals surface area contributed by atoms with Crippen molar-refractivity contribution in [2.45, 2.75) is 37.4 Å². The number of rotatable bonds is 7. The van der Waals surface area contributed by atoms with Crippen LogP contribution in [0.25, 0.3) is 0 Å². The second kappa shape index (κ2) is 5.50. The van der Waals surface area contributed by atoms with Gasteiger partial charge in [-0.25, -0.2) is 0 Å². The van der Waals surface area contributed by atoms with Gasteiger partial charge < -0.3 is 15.6 Å². The highest BCUT2D eigenvalue weighted by Gasteiger charge is 2.49. The van der Waals surface area contributed by atoms with Gasteiger partial charge >= 0.3 is 0 Å². The number of hydrogen-bond acceptors (Lipinski definition) is 5. The van der Waals surface area contributed by atoms with Gasteiger partial charge in [-0.1, -0.05) is 18.7 Å². The molecule has 1 aromatic rings. The lowest BCUT2D eigenvalue weighted by Crippen LogP contribution is -2.59. The minimum Gasteiger partial charge on any atom is -0.368 e. The first-order valence-corrected chi connectivity index (χ1v) is 7.53. The Morgan fingerprint density at radius 1 is 1.58 bits per heavy atom. The minimum absolute atomic E-state index is 0.261. The Kier molecular flexibility index (Phi) is 4.15. The lowest BCUT2D eigenvalue weighted by atomic mass is 9.94. The number of nitrogens with two attached hydrogens (primary N) is 1. The Balaban J connectivity index is 2.12. The van der Waals surface area contributed by atoms with Gasteiger partial charge in [0.1, 0.15) is 11.4 Å². The van der Waals surface area contributed by atoms with E-state index in [0.29, 0.717) is 11.7 Å². The van der Waals surface area contributed by atoms with Crippen LogP contribution in [-0.2, 0) is 11.8 Å². The van der Waals surface area contributed by atoms with Crippen molar-refractivity contribution in [2.24, 2.45) is 18.7 Å². The van der Waals surface area contributed by atoms with E-state index in [1.165, 1.54) is 11.8 Å². The van der Waals surface area contributed by atoms with Gasteiger partial charge in [0.15, 0.2) is 5.16 Å². The van der Waals surface area contributed by atoms with E-state index < -0.39 is 5.54 Å². The van der Waals surface area contributed by atoms with Crippen molar-refractivity contribution in [1.82, 2.24) is 20.1 Å². The molecule has 1 unspecified atom stereocenters. The smallest absolute Gasteiger partial charge is 0.238 e. The molecule has 0 aliphatic heterocycles. The van der Waals surface area contributed by atoms with Crippen molar-refractivity contribution in [3.8, 4) is 0 Å². The highest BCUT2D eigenvalue weighted by Crippen LogP contribution is 2.42. The van der Waals surface area contributed by atoms with Crippen LogP contribution in [0.5, 0.6) is 0 Å². The molecule has 6 nitrogen and oxygen atoms in total. The lowest BCUT2D eigenvalue weighted by Gasteiger charge is -2.31. The van der Waals surface area contributed by atoms with Crippen molar-refractivity contribution < 1.29 is 4.79 Å². The molecule has 0 spiro atoms. The molecule has 3 N–H and O–H groups in total. The van der Waals surface area contributed by atoms with Gasteiger partial charge in [-0.3, -0.25) is 4.79 Å². The van der Waals surface area contributed by atoms with Crippen molar-refractivity contribution in [3.63, 3.8) is 0 Å². The van der Waals surface area contributed by atoms with Crippen LogP contribution in [0, 0.1) is 12.8 Å². The minimum atomic E-state index is -0.612. The molecule has 1 atom stereocenters. The van der Waals surface area contributed by atoms with E-state index in [-0.39, 0.29) is 5.91 Å². The topological polar surface area (TPSA) is 85.8 Å². The first-order chi connectivity index (χ1) is 9.01. The van der Waals surface area contributed by atoms with E-state index >= 15 is 0 Å². The first kappa shape index (κ1) is 14.3. The van der Waals surface area contributed by atoms with Crippen LogP contribution >= 0.6 is 11.8 Å². The molecular weight excluding hydrogens is 262 g/mol. The zero-order valence-corrected chi connectivity index (χ0v) is 12.5. The van der Waals surface area contributed by atoms with Gasteiger partial charge in [-0.2, -0.15) is 0 Å². The van der Waals surface area contributed by atoms with Crippen molar-refractivity contribution in [2.75, 3.05) is 12.3 Å².